The highest BCUT2D eigenvalue weighted by molar-refractivity contribution is 7.18. The third-order valence-electron chi connectivity index (χ3n) is 7.56. The van der Waals surface area contributed by atoms with E-state index in [1.54, 1.807) is 18.2 Å². The van der Waals surface area contributed by atoms with E-state index in [4.69, 9.17) is 14.2 Å². The largest absolute Gasteiger partial charge is 0.493 e. The van der Waals surface area contributed by atoms with Crippen molar-refractivity contribution in [3.05, 3.63) is 46.5 Å². The van der Waals surface area contributed by atoms with Crippen molar-refractivity contribution in [2.75, 3.05) is 20.8 Å². The fourth-order valence-electron chi connectivity index (χ4n) is 5.87. The number of ether oxygens (including phenoxy) is 3. The summed E-state index contributed by atoms with van der Waals surface area (Å²) in [6.07, 6.45) is 0.157. The van der Waals surface area contributed by atoms with Crippen LogP contribution in [0.4, 0.5) is 13.2 Å². The van der Waals surface area contributed by atoms with Gasteiger partial charge in [0.15, 0.2) is 11.5 Å². The monoisotopic (exact) mass is 563 g/mol. The molecule has 1 amide bonds. The van der Waals surface area contributed by atoms with Crippen LogP contribution in [0.1, 0.15) is 60.0 Å². The lowest BCUT2D eigenvalue weighted by molar-refractivity contribution is -0.136. The highest BCUT2D eigenvalue weighted by Crippen LogP contribution is 2.40. The van der Waals surface area contributed by atoms with E-state index in [1.165, 1.54) is 31.6 Å². The van der Waals surface area contributed by atoms with Crippen LogP contribution < -0.4 is 19.5 Å². The number of halogens is 3. The van der Waals surface area contributed by atoms with Gasteiger partial charge >= 0.3 is 6.18 Å². The smallest absolute Gasteiger partial charge is 0.418 e. The molecule has 210 valence electrons. The Balaban J connectivity index is 1.30. The van der Waals surface area contributed by atoms with Gasteiger partial charge in [-0.2, -0.15) is 13.2 Å². The average Bonchev–Trinajstić information content (AvgIpc) is 3.31. The number of carbonyl (C=O) groups is 1. The molecule has 2 aromatic carbocycles. The Labute approximate surface area is 229 Å². The highest BCUT2D eigenvalue weighted by Gasteiger charge is 2.40. The van der Waals surface area contributed by atoms with Crippen LogP contribution in [0.5, 0.6) is 17.2 Å². The Kier molecular flexibility index (Phi) is 7.91. The molecule has 2 unspecified atom stereocenters. The molecule has 1 aromatic heterocycles. The minimum Gasteiger partial charge on any atom is -0.493 e. The van der Waals surface area contributed by atoms with E-state index < -0.39 is 11.7 Å². The van der Waals surface area contributed by atoms with Gasteiger partial charge in [-0.15, -0.1) is 11.3 Å². The molecule has 39 heavy (non-hydrogen) atoms. The second-order valence-electron chi connectivity index (χ2n) is 9.95. The molecule has 2 atom stereocenters. The Hall–Kier alpha value is -3.05. The van der Waals surface area contributed by atoms with Crippen molar-refractivity contribution < 1.29 is 32.2 Å². The summed E-state index contributed by atoms with van der Waals surface area (Å²) in [4.78, 5) is 20.0. The Bertz CT molecular complexity index is 1310. The van der Waals surface area contributed by atoms with Gasteiger partial charge in [0.25, 0.3) is 5.91 Å². The van der Waals surface area contributed by atoms with Gasteiger partial charge in [-0.25, -0.2) is 4.98 Å². The van der Waals surface area contributed by atoms with E-state index in [9.17, 15) is 18.0 Å². The second-order valence-corrected chi connectivity index (χ2v) is 11.1. The molecule has 3 heterocycles. The molecular weight excluding hydrogens is 531 g/mol. The summed E-state index contributed by atoms with van der Waals surface area (Å²) in [7, 11) is 3.04. The standard InChI is InChI=1S/C28H32F3N3O4S/c1-4-38-26-21(36-2)11-16(12-22(26)37-3)27(35)32-17-13-18-7-5-8-19(14-17)34(18)15-24-33-25-20(28(29,30)31)9-6-10-23(25)39-24/h6,9-12,17-19H,4-5,7-8,13-15H2,1-3H3,(H,32,35). The number of para-hydroxylation sites is 1. The first-order valence-corrected chi connectivity index (χ1v) is 13.9. The number of benzene rings is 2. The Morgan fingerprint density at radius 1 is 1.13 bits per heavy atom. The number of alkyl halides is 3. The van der Waals surface area contributed by atoms with Gasteiger partial charge in [0, 0.05) is 23.7 Å². The molecule has 2 aliphatic rings. The second kappa shape index (κ2) is 11.2. The van der Waals surface area contributed by atoms with Crippen LogP contribution >= 0.6 is 11.3 Å². The summed E-state index contributed by atoms with van der Waals surface area (Å²) in [5, 5.41) is 3.88. The van der Waals surface area contributed by atoms with Gasteiger partial charge in [-0.05, 0) is 56.9 Å². The zero-order valence-corrected chi connectivity index (χ0v) is 23.0. The fraction of sp³-hybridized carbons (Fsp3) is 0.500. The summed E-state index contributed by atoms with van der Waals surface area (Å²) in [5.74, 6) is 1.10. The number of methoxy groups -OCH3 is 2. The van der Waals surface area contributed by atoms with E-state index in [1.807, 2.05) is 6.92 Å². The third-order valence-corrected chi connectivity index (χ3v) is 8.56. The lowest BCUT2D eigenvalue weighted by Crippen LogP contribution is -2.56. The number of rotatable bonds is 8. The summed E-state index contributed by atoms with van der Waals surface area (Å²) in [5.41, 5.74) is -0.236. The molecule has 1 N–H and O–H groups in total. The Morgan fingerprint density at radius 3 is 2.38 bits per heavy atom. The SMILES string of the molecule is CCOc1c(OC)cc(C(=O)NC2CC3CCCC(C2)N3Cc2nc3c(C(F)(F)F)cccc3s2)cc1OC. The molecule has 3 aromatic rings. The number of carbonyl (C=O) groups excluding carboxylic acids is 1. The van der Waals surface area contributed by atoms with E-state index >= 15 is 0 Å². The van der Waals surface area contributed by atoms with E-state index in [0.29, 0.717) is 45.7 Å². The average molecular weight is 564 g/mol. The van der Waals surface area contributed by atoms with Crippen molar-refractivity contribution in [1.82, 2.24) is 15.2 Å². The molecule has 2 saturated heterocycles. The maximum Gasteiger partial charge on any atom is 0.418 e. The predicted octanol–water partition coefficient (Wildman–Crippen LogP) is 6.05. The Morgan fingerprint density at radius 2 is 1.79 bits per heavy atom. The number of hydrogen-bond acceptors (Lipinski definition) is 7. The number of thiazole rings is 1. The molecule has 11 heteroatoms. The number of nitrogens with zero attached hydrogens (tertiary/aromatic N) is 2. The molecule has 2 aliphatic heterocycles. The summed E-state index contributed by atoms with van der Waals surface area (Å²) < 4.78 is 57.5. The number of fused-ring (bicyclic) bond motifs is 3. The topological polar surface area (TPSA) is 72.9 Å². The van der Waals surface area contributed by atoms with Crippen LogP contribution in [-0.4, -0.2) is 54.7 Å². The minimum atomic E-state index is -4.44. The van der Waals surface area contributed by atoms with E-state index in [2.05, 4.69) is 15.2 Å². The van der Waals surface area contributed by atoms with Gasteiger partial charge in [-0.1, -0.05) is 12.5 Å². The van der Waals surface area contributed by atoms with Crippen molar-refractivity contribution in [3.63, 3.8) is 0 Å². The van der Waals surface area contributed by atoms with Gasteiger partial charge in [0.05, 0.1) is 43.2 Å². The molecule has 0 spiro atoms. The molecule has 0 saturated carbocycles. The number of piperidine rings is 2. The quantitative estimate of drug-likeness (QED) is 0.360. The van der Waals surface area contributed by atoms with Gasteiger partial charge in [-0.3, -0.25) is 9.69 Å². The molecule has 0 radical (unpaired) electrons. The highest BCUT2D eigenvalue weighted by atomic mass is 32.1. The van der Waals surface area contributed by atoms with Gasteiger partial charge in [0.2, 0.25) is 5.75 Å². The zero-order chi connectivity index (χ0) is 27.7. The normalized spacial score (nSPS) is 21.5. The third kappa shape index (κ3) is 5.65. The predicted molar refractivity (Wildman–Crippen MR) is 143 cm³/mol. The molecule has 2 fully saturated rings. The van der Waals surface area contributed by atoms with Crippen molar-refractivity contribution >= 4 is 27.5 Å². The number of aromatic nitrogens is 1. The van der Waals surface area contributed by atoms with Crippen LogP contribution in [0.25, 0.3) is 10.2 Å². The van der Waals surface area contributed by atoms with Crippen LogP contribution in [-0.2, 0) is 12.7 Å². The molecule has 5 rings (SSSR count). The summed E-state index contributed by atoms with van der Waals surface area (Å²) >= 11 is 1.32. The lowest BCUT2D eigenvalue weighted by Gasteiger charge is -2.48. The van der Waals surface area contributed by atoms with Crippen molar-refractivity contribution in [3.8, 4) is 17.2 Å². The maximum atomic E-state index is 13.5. The molecule has 2 bridgehead atoms. The maximum absolute atomic E-state index is 13.5. The zero-order valence-electron chi connectivity index (χ0n) is 22.1. The first-order valence-electron chi connectivity index (χ1n) is 13.1. The number of nitrogens with one attached hydrogen (secondary N) is 1. The summed E-state index contributed by atoms with van der Waals surface area (Å²) in [6, 6.07) is 7.96. The number of hydrogen-bond donors (Lipinski definition) is 1. The van der Waals surface area contributed by atoms with Gasteiger partial charge < -0.3 is 19.5 Å². The van der Waals surface area contributed by atoms with Crippen molar-refractivity contribution in [2.24, 2.45) is 0 Å². The summed E-state index contributed by atoms with van der Waals surface area (Å²) in [6.45, 7) is 2.80. The number of amides is 1. The van der Waals surface area contributed by atoms with Crippen molar-refractivity contribution in [2.45, 2.75) is 69.9 Å². The molecule has 7 nitrogen and oxygen atoms in total. The lowest BCUT2D eigenvalue weighted by atomic mass is 9.81. The van der Waals surface area contributed by atoms with Crippen molar-refractivity contribution in [1.29, 1.82) is 0 Å². The minimum absolute atomic E-state index is 0.0141. The molecular formula is C28H32F3N3O4S. The van der Waals surface area contributed by atoms with Crippen LogP contribution in [0.3, 0.4) is 0 Å². The van der Waals surface area contributed by atoms with Crippen LogP contribution in [0.15, 0.2) is 30.3 Å². The fourth-order valence-corrected chi connectivity index (χ4v) is 6.87. The first-order chi connectivity index (χ1) is 18.7. The molecule has 0 aliphatic carbocycles. The van der Waals surface area contributed by atoms with Crippen LogP contribution in [0, 0.1) is 0 Å². The first kappa shape index (κ1) is 27.5. The van der Waals surface area contributed by atoms with Crippen LogP contribution in [0.2, 0.25) is 0 Å². The van der Waals surface area contributed by atoms with E-state index in [0.717, 1.165) is 38.2 Å². The van der Waals surface area contributed by atoms with E-state index in [-0.39, 0.29) is 29.5 Å². The van der Waals surface area contributed by atoms with Gasteiger partial charge in [0.1, 0.15) is 5.01 Å².